The highest BCUT2D eigenvalue weighted by atomic mass is 35.5. The van der Waals surface area contributed by atoms with Gasteiger partial charge in [-0.3, -0.25) is 19.5 Å². The van der Waals surface area contributed by atoms with Crippen molar-refractivity contribution in [1.82, 2.24) is 24.6 Å². The number of carbonyl (C=O) groups is 2. The summed E-state index contributed by atoms with van der Waals surface area (Å²) in [5.74, 6) is -0.111. The Bertz CT molecular complexity index is 1300. The van der Waals surface area contributed by atoms with E-state index >= 15 is 0 Å². The molecule has 0 spiro atoms. The Kier molecular flexibility index (Phi) is 5.40. The number of benzene rings is 2. The highest BCUT2D eigenvalue weighted by molar-refractivity contribution is 6.31. The average molecular weight is 492 g/mol. The largest absolute Gasteiger partial charge is 0.356 e. The molecule has 4 heterocycles. The van der Waals surface area contributed by atoms with Crippen LogP contribution in [0.4, 0.5) is 4.79 Å². The van der Waals surface area contributed by atoms with E-state index in [2.05, 4.69) is 21.8 Å². The Morgan fingerprint density at radius 3 is 2.51 bits per heavy atom. The highest BCUT2D eigenvalue weighted by Crippen LogP contribution is 2.48. The normalized spacial score (nSPS) is 25.4. The van der Waals surface area contributed by atoms with E-state index in [1.807, 2.05) is 60.4 Å². The van der Waals surface area contributed by atoms with E-state index < -0.39 is 5.54 Å². The van der Waals surface area contributed by atoms with Crippen molar-refractivity contribution in [2.75, 3.05) is 46.3 Å². The summed E-state index contributed by atoms with van der Waals surface area (Å²) < 4.78 is 0. The summed E-state index contributed by atoms with van der Waals surface area (Å²) in [6, 6.07) is 15.2. The minimum absolute atomic E-state index is 0.111. The molecule has 8 heteroatoms. The molecule has 2 unspecified atom stereocenters. The molecule has 35 heavy (non-hydrogen) atoms. The van der Waals surface area contributed by atoms with Gasteiger partial charge in [-0.05, 0) is 43.3 Å². The second kappa shape index (κ2) is 8.36. The van der Waals surface area contributed by atoms with E-state index in [1.54, 1.807) is 0 Å². The predicted molar refractivity (Wildman–Crippen MR) is 137 cm³/mol. The van der Waals surface area contributed by atoms with Crippen LogP contribution in [0.5, 0.6) is 0 Å². The fourth-order valence-corrected chi connectivity index (χ4v) is 6.15. The first-order valence-electron chi connectivity index (χ1n) is 12.3. The Hall–Kier alpha value is -2.87. The van der Waals surface area contributed by atoms with Crippen LogP contribution in [-0.4, -0.2) is 88.4 Å². The van der Waals surface area contributed by atoms with E-state index in [4.69, 9.17) is 11.6 Å². The van der Waals surface area contributed by atoms with Crippen molar-refractivity contribution in [3.63, 3.8) is 0 Å². The Morgan fingerprint density at radius 2 is 1.77 bits per heavy atom. The topological polar surface area (TPSA) is 62.9 Å². The minimum atomic E-state index is -0.954. The zero-order valence-corrected chi connectivity index (χ0v) is 20.9. The molecule has 2 atom stereocenters. The Labute approximate surface area is 210 Å². The van der Waals surface area contributed by atoms with Gasteiger partial charge in [-0.25, -0.2) is 4.79 Å². The lowest BCUT2D eigenvalue weighted by Crippen LogP contribution is -2.53. The van der Waals surface area contributed by atoms with Crippen LogP contribution in [0.15, 0.2) is 48.5 Å². The van der Waals surface area contributed by atoms with Crippen molar-refractivity contribution >= 4 is 34.4 Å². The van der Waals surface area contributed by atoms with Gasteiger partial charge in [-0.2, -0.15) is 0 Å². The number of hydrogen-bond acceptors (Lipinski definition) is 4. The van der Waals surface area contributed by atoms with Crippen LogP contribution in [-0.2, 0) is 11.2 Å². The molecule has 0 radical (unpaired) electrons. The molecule has 6 rings (SSSR count). The van der Waals surface area contributed by atoms with Crippen LogP contribution < -0.4 is 0 Å². The molecule has 2 fully saturated rings. The number of aromatic amines is 1. The number of urea groups is 1. The molecule has 2 saturated heterocycles. The van der Waals surface area contributed by atoms with Crippen molar-refractivity contribution in [2.24, 2.45) is 0 Å². The molecule has 3 aromatic rings. The number of halogens is 1. The molecule has 2 aromatic carbocycles. The lowest BCUT2D eigenvalue weighted by molar-refractivity contribution is -0.133. The fraction of sp³-hybridized carbons (Fsp3) is 0.407. The van der Waals surface area contributed by atoms with Crippen LogP contribution >= 0.6 is 11.6 Å². The predicted octanol–water partition coefficient (Wildman–Crippen LogP) is 3.74. The van der Waals surface area contributed by atoms with Gasteiger partial charge in [0.1, 0.15) is 11.6 Å². The van der Waals surface area contributed by atoms with E-state index in [-0.39, 0.29) is 18.0 Å². The van der Waals surface area contributed by atoms with Gasteiger partial charge in [0.15, 0.2) is 0 Å². The average Bonchev–Trinajstić information content (AvgIpc) is 3.29. The van der Waals surface area contributed by atoms with Crippen molar-refractivity contribution in [1.29, 1.82) is 0 Å². The number of nitrogens with zero attached hydrogens (tertiary/aromatic N) is 4. The van der Waals surface area contributed by atoms with Crippen LogP contribution in [0, 0.1) is 0 Å². The molecule has 3 aliphatic rings. The van der Waals surface area contributed by atoms with Crippen LogP contribution in [0.3, 0.4) is 0 Å². The summed E-state index contributed by atoms with van der Waals surface area (Å²) in [5, 5.41) is 1.68. The second-order valence-electron chi connectivity index (χ2n) is 10.2. The van der Waals surface area contributed by atoms with E-state index in [9.17, 15) is 9.59 Å². The highest BCUT2D eigenvalue weighted by Gasteiger charge is 2.60. The van der Waals surface area contributed by atoms with Crippen molar-refractivity contribution in [3.8, 4) is 0 Å². The fourth-order valence-electron chi connectivity index (χ4n) is 5.98. The smallest absolute Gasteiger partial charge is 0.328 e. The summed E-state index contributed by atoms with van der Waals surface area (Å²) in [4.78, 5) is 39.3. The zero-order valence-electron chi connectivity index (χ0n) is 20.1. The number of H-pyrrole nitrogens is 1. The molecular formula is C27H30ClN5O2. The van der Waals surface area contributed by atoms with Crippen LogP contribution in [0.1, 0.15) is 29.8 Å². The third-order valence-corrected chi connectivity index (χ3v) is 8.21. The number of nitrogens with one attached hydrogen (secondary N) is 1. The first-order valence-corrected chi connectivity index (χ1v) is 12.7. The number of imide groups is 1. The summed E-state index contributed by atoms with van der Waals surface area (Å²) in [6.45, 7) is 6.96. The van der Waals surface area contributed by atoms with E-state index in [1.165, 1.54) is 4.90 Å². The second-order valence-corrected chi connectivity index (χ2v) is 10.7. The molecule has 3 aliphatic heterocycles. The molecule has 1 aromatic heterocycles. The summed E-state index contributed by atoms with van der Waals surface area (Å²) in [5.41, 5.74) is 3.03. The standard InChI is InChI=1S/C27H30ClN5O2/c1-27-17-21-20-16-19(28)8-9-22(20)29-23(21)24(18-6-4-3-5-7-18)33(27)26(35)32(25(27)34)15-14-31-12-10-30(2)11-13-31/h3-9,16,24,29H,10-15,17H2,1-2H3. The zero-order chi connectivity index (χ0) is 24.3. The number of rotatable bonds is 4. The molecule has 0 saturated carbocycles. The maximum Gasteiger partial charge on any atom is 0.328 e. The van der Waals surface area contributed by atoms with Crippen molar-refractivity contribution in [3.05, 3.63) is 70.4 Å². The van der Waals surface area contributed by atoms with Gasteiger partial charge in [0.25, 0.3) is 5.91 Å². The van der Waals surface area contributed by atoms with E-state index in [0.29, 0.717) is 24.5 Å². The number of amides is 3. The van der Waals surface area contributed by atoms with Gasteiger partial charge < -0.3 is 9.88 Å². The SMILES string of the molecule is CN1CCN(CCN2C(=O)N3C(c4ccccc4)c4[nH]c5ccc(Cl)cc5c4CC3(C)C2=O)CC1. The van der Waals surface area contributed by atoms with Gasteiger partial charge in [0.05, 0.1) is 0 Å². The maximum atomic E-state index is 13.9. The van der Waals surface area contributed by atoms with Gasteiger partial charge >= 0.3 is 6.03 Å². The number of carbonyl (C=O) groups excluding carboxylic acids is 2. The summed E-state index contributed by atoms with van der Waals surface area (Å²) in [7, 11) is 2.12. The summed E-state index contributed by atoms with van der Waals surface area (Å²) >= 11 is 6.36. The van der Waals surface area contributed by atoms with Crippen molar-refractivity contribution < 1.29 is 9.59 Å². The van der Waals surface area contributed by atoms with Crippen LogP contribution in [0.25, 0.3) is 10.9 Å². The van der Waals surface area contributed by atoms with E-state index in [0.717, 1.165) is 53.9 Å². The van der Waals surface area contributed by atoms with Gasteiger partial charge in [0, 0.05) is 67.3 Å². The number of piperazine rings is 1. The first-order chi connectivity index (χ1) is 16.9. The number of likely N-dealkylation sites (N-methyl/N-ethyl adjacent to an activating group) is 1. The molecule has 3 amide bonds. The molecule has 182 valence electrons. The molecular weight excluding hydrogens is 462 g/mol. The minimum Gasteiger partial charge on any atom is -0.356 e. The quantitative estimate of drug-likeness (QED) is 0.565. The lowest BCUT2D eigenvalue weighted by atomic mass is 9.81. The van der Waals surface area contributed by atoms with Gasteiger partial charge in [-0.15, -0.1) is 0 Å². The van der Waals surface area contributed by atoms with Crippen LogP contribution in [0.2, 0.25) is 5.02 Å². The molecule has 0 aliphatic carbocycles. The lowest BCUT2D eigenvalue weighted by Gasteiger charge is -2.42. The molecule has 1 N–H and O–H groups in total. The summed E-state index contributed by atoms with van der Waals surface area (Å²) in [6.07, 6.45) is 0.460. The Balaban J connectivity index is 1.40. The third-order valence-electron chi connectivity index (χ3n) is 7.98. The molecule has 7 nitrogen and oxygen atoms in total. The number of fused-ring (bicyclic) bond motifs is 4. The Morgan fingerprint density at radius 1 is 1.03 bits per heavy atom. The third kappa shape index (κ3) is 3.56. The first kappa shape index (κ1) is 22.6. The molecule has 0 bridgehead atoms. The van der Waals surface area contributed by atoms with Crippen molar-refractivity contribution in [2.45, 2.75) is 24.9 Å². The number of aromatic nitrogens is 1. The number of hydrogen-bond donors (Lipinski definition) is 1. The van der Waals surface area contributed by atoms with Gasteiger partial charge in [-0.1, -0.05) is 41.9 Å². The van der Waals surface area contributed by atoms with Gasteiger partial charge in [0.2, 0.25) is 0 Å². The maximum absolute atomic E-state index is 13.9. The monoisotopic (exact) mass is 491 g/mol.